The Morgan fingerprint density at radius 2 is 2.08 bits per heavy atom. The second kappa shape index (κ2) is 3.33. The Bertz CT molecular complexity index is 337. The largest absolute Gasteiger partial charge is 0.417 e. The highest BCUT2D eigenvalue weighted by atomic mass is 35.5. The monoisotopic (exact) mass is 208 g/mol. The van der Waals surface area contributed by atoms with Crippen molar-refractivity contribution in [1.29, 1.82) is 0 Å². The first-order valence-corrected chi connectivity index (χ1v) is 3.44. The predicted molar refractivity (Wildman–Crippen MR) is 39.0 cm³/mol. The maximum atomic E-state index is 12.0. The number of halogens is 4. The molecule has 0 saturated heterocycles. The highest BCUT2D eigenvalue weighted by Gasteiger charge is 2.31. The molecule has 69 valence electrons. The summed E-state index contributed by atoms with van der Waals surface area (Å²) in [5.41, 5.74) is -1.31. The Kier molecular flexibility index (Phi) is 2.56. The van der Waals surface area contributed by atoms with Crippen molar-refractivity contribution in [2.24, 2.45) is 0 Å². The maximum absolute atomic E-state index is 12.0. The molecule has 0 spiro atoms. The van der Waals surface area contributed by atoms with Crippen LogP contribution in [0.2, 0.25) is 5.02 Å². The number of aromatic nitrogens is 1. The van der Waals surface area contributed by atoms with E-state index < -0.39 is 11.7 Å². The number of carbonyl (C=O) groups excluding carboxylic acids is 1. The van der Waals surface area contributed by atoms with E-state index in [0.717, 1.165) is 0 Å². The third-order valence-corrected chi connectivity index (χ3v) is 1.55. The minimum absolute atomic E-state index is 0.324. The molecular weight excluding hydrogens is 207 g/mol. The van der Waals surface area contributed by atoms with Gasteiger partial charge in [-0.1, -0.05) is 11.6 Å². The lowest BCUT2D eigenvalue weighted by atomic mass is 10.2. The van der Waals surface area contributed by atoms with Crippen LogP contribution in [0.15, 0.2) is 12.3 Å². The first-order chi connectivity index (χ1) is 5.95. The Morgan fingerprint density at radius 1 is 1.46 bits per heavy atom. The van der Waals surface area contributed by atoms with Crippen LogP contribution in [-0.4, -0.2) is 11.3 Å². The van der Waals surface area contributed by atoms with Crippen LogP contribution < -0.4 is 0 Å². The Balaban J connectivity index is 3.17. The van der Waals surface area contributed by atoms with E-state index in [0.29, 0.717) is 12.3 Å². The zero-order chi connectivity index (χ0) is 10.1. The number of nitrogens with zero attached hydrogens (tertiary/aromatic N) is 1. The van der Waals surface area contributed by atoms with E-state index in [9.17, 15) is 18.0 Å². The van der Waals surface area contributed by atoms with Gasteiger partial charge in [-0.2, -0.15) is 13.2 Å². The molecule has 0 N–H and O–H groups in total. The van der Waals surface area contributed by atoms with Crippen LogP contribution in [0.1, 0.15) is 11.3 Å². The van der Waals surface area contributed by atoms with Gasteiger partial charge in [0.1, 0.15) is 5.69 Å². The fraction of sp³-hybridized carbons (Fsp3) is 0.143. The topological polar surface area (TPSA) is 30.0 Å². The summed E-state index contributed by atoms with van der Waals surface area (Å²) in [6, 6.07) is 0.634. The van der Waals surface area contributed by atoms with Crippen molar-refractivity contribution < 1.29 is 18.0 Å². The van der Waals surface area contributed by atoms with Gasteiger partial charge in [0.25, 0.3) is 6.29 Å². The summed E-state index contributed by atoms with van der Waals surface area (Å²) in [4.78, 5) is 13.2. The van der Waals surface area contributed by atoms with Crippen molar-refractivity contribution >= 4 is 17.9 Å². The molecule has 0 amide bonds. The zero-order valence-corrected chi connectivity index (χ0v) is 6.78. The van der Waals surface area contributed by atoms with Crippen molar-refractivity contribution in [1.82, 2.24) is 4.98 Å². The molecule has 0 aromatic carbocycles. The standard InChI is InChI=1S/C7H2ClF3NO/c8-5-1-4(7(9,10)11)2-12-6(5)3-13/h1-2H. The van der Waals surface area contributed by atoms with Gasteiger partial charge >= 0.3 is 6.18 Å². The summed E-state index contributed by atoms with van der Waals surface area (Å²) < 4.78 is 36.0. The molecule has 1 rings (SSSR count). The number of hydrogen-bond donors (Lipinski definition) is 0. The van der Waals surface area contributed by atoms with Gasteiger partial charge in [0.15, 0.2) is 0 Å². The van der Waals surface area contributed by atoms with Crippen LogP contribution in [-0.2, 0) is 11.0 Å². The highest BCUT2D eigenvalue weighted by Crippen LogP contribution is 2.30. The molecule has 2 nitrogen and oxygen atoms in total. The van der Waals surface area contributed by atoms with Crippen molar-refractivity contribution in [2.75, 3.05) is 0 Å². The van der Waals surface area contributed by atoms with Gasteiger partial charge in [-0.05, 0) is 6.07 Å². The van der Waals surface area contributed by atoms with Gasteiger partial charge in [-0.25, -0.2) is 0 Å². The molecule has 0 aliphatic carbocycles. The lowest BCUT2D eigenvalue weighted by Gasteiger charge is -2.05. The van der Waals surface area contributed by atoms with Gasteiger partial charge < -0.3 is 0 Å². The average molecular weight is 209 g/mol. The van der Waals surface area contributed by atoms with Crippen molar-refractivity contribution in [3.63, 3.8) is 0 Å². The SMILES string of the molecule is O=[C]c1ncc(C(F)(F)F)cc1Cl. The molecule has 0 bridgehead atoms. The molecule has 6 heteroatoms. The molecule has 13 heavy (non-hydrogen) atoms. The average Bonchev–Trinajstić information content (AvgIpc) is 2.02. The van der Waals surface area contributed by atoms with E-state index in [2.05, 4.69) is 4.98 Å². The molecular formula is C7H2ClF3NO. The van der Waals surface area contributed by atoms with E-state index in [1.807, 2.05) is 0 Å². The molecule has 0 atom stereocenters. The normalized spacial score (nSPS) is 11.4. The summed E-state index contributed by atoms with van der Waals surface area (Å²) in [6.07, 6.45) is -2.65. The Hall–Kier alpha value is -1.10. The van der Waals surface area contributed by atoms with Gasteiger partial charge in [0, 0.05) is 6.20 Å². The van der Waals surface area contributed by atoms with Crippen LogP contribution >= 0.6 is 11.6 Å². The van der Waals surface area contributed by atoms with Crippen LogP contribution in [0.25, 0.3) is 0 Å². The second-order valence-electron chi connectivity index (χ2n) is 2.15. The van der Waals surface area contributed by atoms with Gasteiger partial charge in [-0.15, -0.1) is 0 Å². The smallest absolute Gasteiger partial charge is 0.283 e. The minimum Gasteiger partial charge on any atom is -0.283 e. The number of hydrogen-bond acceptors (Lipinski definition) is 2. The second-order valence-corrected chi connectivity index (χ2v) is 2.56. The third-order valence-electron chi connectivity index (χ3n) is 1.27. The first-order valence-electron chi connectivity index (χ1n) is 3.06. The van der Waals surface area contributed by atoms with Crippen LogP contribution in [0.3, 0.4) is 0 Å². The van der Waals surface area contributed by atoms with Crippen molar-refractivity contribution in [2.45, 2.75) is 6.18 Å². The molecule has 0 saturated carbocycles. The summed E-state index contributed by atoms with van der Waals surface area (Å²) in [6.45, 7) is 0. The van der Waals surface area contributed by atoms with Gasteiger partial charge in [0.05, 0.1) is 10.6 Å². The summed E-state index contributed by atoms with van der Waals surface area (Å²) >= 11 is 5.31. The van der Waals surface area contributed by atoms with Gasteiger partial charge in [-0.3, -0.25) is 9.78 Å². The summed E-state index contributed by atoms with van der Waals surface area (Å²) in [5, 5.41) is -0.357. The van der Waals surface area contributed by atoms with E-state index >= 15 is 0 Å². The fourth-order valence-corrected chi connectivity index (χ4v) is 0.873. The molecule has 1 aromatic rings. The fourth-order valence-electron chi connectivity index (χ4n) is 0.668. The van der Waals surface area contributed by atoms with E-state index in [1.54, 1.807) is 0 Å². The highest BCUT2D eigenvalue weighted by molar-refractivity contribution is 6.32. The first kappa shape index (κ1) is 9.98. The Morgan fingerprint density at radius 3 is 2.46 bits per heavy atom. The Labute approximate surface area is 76.3 Å². The summed E-state index contributed by atoms with van der Waals surface area (Å²) in [7, 11) is 0. The van der Waals surface area contributed by atoms with Crippen molar-refractivity contribution in [3.8, 4) is 0 Å². The molecule has 0 aliphatic heterocycles. The van der Waals surface area contributed by atoms with Crippen molar-refractivity contribution in [3.05, 3.63) is 28.5 Å². The summed E-state index contributed by atoms with van der Waals surface area (Å²) in [5.74, 6) is 0. The van der Waals surface area contributed by atoms with Crippen LogP contribution in [0.5, 0.6) is 0 Å². The van der Waals surface area contributed by atoms with Crippen LogP contribution in [0, 0.1) is 0 Å². The zero-order valence-electron chi connectivity index (χ0n) is 6.02. The predicted octanol–water partition coefficient (Wildman–Crippen LogP) is 2.21. The van der Waals surface area contributed by atoms with Gasteiger partial charge in [0.2, 0.25) is 0 Å². The lowest BCUT2D eigenvalue weighted by Crippen LogP contribution is -2.06. The quantitative estimate of drug-likeness (QED) is 0.708. The molecule has 1 heterocycles. The molecule has 0 fully saturated rings. The number of alkyl halides is 3. The lowest BCUT2D eigenvalue weighted by molar-refractivity contribution is -0.137. The third kappa shape index (κ3) is 2.18. The van der Waals surface area contributed by atoms with E-state index in [1.165, 1.54) is 6.29 Å². The van der Waals surface area contributed by atoms with Crippen LogP contribution in [0.4, 0.5) is 13.2 Å². The van der Waals surface area contributed by atoms with E-state index in [4.69, 9.17) is 11.6 Å². The molecule has 0 unspecified atom stereocenters. The molecule has 1 aromatic heterocycles. The number of pyridine rings is 1. The minimum atomic E-state index is -4.50. The van der Waals surface area contributed by atoms with E-state index in [-0.39, 0.29) is 10.7 Å². The number of rotatable bonds is 1. The molecule has 1 radical (unpaired) electrons. The molecule has 0 aliphatic rings. The maximum Gasteiger partial charge on any atom is 0.417 e.